The third kappa shape index (κ3) is 4.30. The second-order valence-electron chi connectivity index (χ2n) is 3.84. The molecule has 0 saturated carbocycles. The van der Waals surface area contributed by atoms with Crippen LogP contribution in [0.3, 0.4) is 0 Å². The fourth-order valence-corrected chi connectivity index (χ4v) is 1.73. The molecular weight excluding hydrogens is 264 g/mol. The van der Waals surface area contributed by atoms with Gasteiger partial charge in [0, 0.05) is 10.6 Å². The normalized spacial score (nSPS) is 9.95. The molecule has 0 radical (unpaired) electrons. The van der Waals surface area contributed by atoms with E-state index >= 15 is 0 Å². The Morgan fingerprint density at radius 3 is 2.21 bits per heavy atom. The highest BCUT2D eigenvalue weighted by Crippen LogP contribution is 2.17. The van der Waals surface area contributed by atoms with Gasteiger partial charge in [0.1, 0.15) is 31.0 Å². The summed E-state index contributed by atoms with van der Waals surface area (Å²) in [6.07, 6.45) is 0.787. The average Bonchev–Trinajstić information content (AvgIpc) is 2.44. The predicted octanol–water partition coefficient (Wildman–Crippen LogP) is 3.61. The Morgan fingerprint density at radius 2 is 1.58 bits per heavy atom. The van der Waals surface area contributed by atoms with Crippen LogP contribution < -0.4 is 9.47 Å². The van der Waals surface area contributed by atoms with Gasteiger partial charge in [0.05, 0.1) is 0 Å². The Kier molecular flexibility index (Phi) is 4.81. The molecule has 4 heteroatoms. The maximum Gasteiger partial charge on any atom is 0.150 e. The fraction of sp³-hybridized carbons (Fsp3) is 0.133. The van der Waals surface area contributed by atoms with E-state index in [4.69, 9.17) is 21.1 Å². The molecule has 2 aromatic rings. The Balaban J connectivity index is 1.79. The number of aldehydes is 1. The van der Waals surface area contributed by atoms with Crippen molar-refractivity contribution >= 4 is 17.9 Å². The maximum absolute atomic E-state index is 10.6. The molecule has 0 atom stereocenters. The first kappa shape index (κ1) is 13.4. The molecule has 0 amide bonds. The van der Waals surface area contributed by atoms with Gasteiger partial charge in [-0.25, -0.2) is 0 Å². The highest BCUT2D eigenvalue weighted by molar-refractivity contribution is 6.30. The van der Waals surface area contributed by atoms with Crippen molar-refractivity contribution in [3.8, 4) is 11.5 Å². The Hall–Kier alpha value is -2.00. The number of carbonyl (C=O) groups is 1. The van der Waals surface area contributed by atoms with Crippen LogP contribution in [0.4, 0.5) is 0 Å². The van der Waals surface area contributed by atoms with Crippen LogP contribution in [0.2, 0.25) is 5.02 Å². The van der Waals surface area contributed by atoms with E-state index in [9.17, 15) is 4.79 Å². The van der Waals surface area contributed by atoms with E-state index in [1.165, 1.54) is 0 Å². The first-order valence-electron chi connectivity index (χ1n) is 5.84. The zero-order valence-electron chi connectivity index (χ0n) is 10.2. The van der Waals surface area contributed by atoms with Crippen LogP contribution in [0.15, 0.2) is 48.5 Å². The van der Waals surface area contributed by atoms with Crippen LogP contribution in [0, 0.1) is 0 Å². The van der Waals surface area contributed by atoms with E-state index in [-0.39, 0.29) is 0 Å². The van der Waals surface area contributed by atoms with Crippen molar-refractivity contribution in [1.29, 1.82) is 0 Å². The summed E-state index contributed by atoms with van der Waals surface area (Å²) in [5.74, 6) is 1.36. The van der Waals surface area contributed by atoms with Gasteiger partial charge in [-0.2, -0.15) is 0 Å². The quantitative estimate of drug-likeness (QED) is 0.597. The van der Waals surface area contributed by atoms with Crippen LogP contribution in [-0.4, -0.2) is 19.5 Å². The average molecular weight is 277 g/mol. The summed E-state index contributed by atoms with van der Waals surface area (Å²) in [4.78, 5) is 10.6. The molecule has 0 bridgehead atoms. The lowest BCUT2D eigenvalue weighted by Gasteiger charge is -2.08. The zero-order chi connectivity index (χ0) is 13.5. The van der Waals surface area contributed by atoms with Gasteiger partial charge in [-0.15, -0.1) is 0 Å². The number of hydrogen-bond donors (Lipinski definition) is 0. The molecule has 0 fully saturated rings. The SMILES string of the molecule is O=Cc1cccc(OCCOc2cccc(Cl)c2)c1. The molecule has 98 valence electrons. The van der Waals surface area contributed by atoms with Crippen LogP contribution in [0.5, 0.6) is 11.5 Å². The zero-order valence-corrected chi connectivity index (χ0v) is 11.0. The minimum atomic E-state index is 0.398. The van der Waals surface area contributed by atoms with Gasteiger partial charge in [0.25, 0.3) is 0 Å². The highest BCUT2D eigenvalue weighted by atomic mass is 35.5. The summed E-state index contributed by atoms with van der Waals surface area (Å²) >= 11 is 5.84. The molecule has 0 aliphatic carbocycles. The summed E-state index contributed by atoms with van der Waals surface area (Å²) < 4.78 is 11.0. The van der Waals surface area contributed by atoms with E-state index in [0.717, 1.165) is 6.29 Å². The van der Waals surface area contributed by atoms with Crippen molar-refractivity contribution in [3.05, 3.63) is 59.1 Å². The molecule has 0 aliphatic heterocycles. The van der Waals surface area contributed by atoms with Gasteiger partial charge in [0.15, 0.2) is 0 Å². The summed E-state index contributed by atoms with van der Waals surface area (Å²) in [5.41, 5.74) is 0.591. The van der Waals surface area contributed by atoms with Crippen molar-refractivity contribution < 1.29 is 14.3 Å². The number of ether oxygens (including phenoxy) is 2. The highest BCUT2D eigenvalue weighted by Gasteiger charge is 1.98. The Bertz CT molecular complexity index is 555. The lowest BCUT2D eigenvalue weighted by molar-refractivity contribution is 0.112. The van der Waals surface area contributed by atoms with Crippen molar-refractivity contribution in [2.75, 3.05) is 13.2 Å². The number of benzene rings is 2. The van der Waals surface area contributed by atoms with E-state index in [1.54, 1.807) is 36.4 Å². The number of halogens is 1. The molecule has 3 nitrogen and oxygen atoms in total. The second kappa shape index (κ2) is 6.81. The summed E-state index contributed by atoms with van der Waals surface area (Å²) in [6, 6.07) is 14.2. The molecule has 2 aromatic carbocycles. The number of carbonyl (C=O) groups excluding carboxylic acids is 1. The summed E-state index contributed by atoms with van der Waals surface area (Å²) in [6.45, 7) is 0.806. The molecule has 19 heavy (non-hydrogen) atoms. The monoisotopic (exact) mass is 276 g/mol. The molecule has 0 heterocycles. The molecular formula is C15H13ClO3. The van der Waals surface area contributed by atoms with Gasteiger partial charge in [-0.3, -0.25) is 4.79 Å². The van der Waals surface area contributed by atoms with Gasteiger partial charge in [-0.05, 0) is 30.3 Å². The maximum atomic E-state index is 10.6. The molecule has 2 rings (SSSR count). The second-order valence-corrected chi connectivity index (χ2v) is 4.28. The lowest BCUT2D eigenvalue weighted by Crippen LogP contribution is -2.09. The van der Waals surface area contributed by atoms with E-state index < -0.39 is 0 Å². The molecule has 0 aromatic heterocycles. The third-order valence-electron chi connectivity index (χ3n) is 2.41. The van der Waals surface area contributed by atoms with Crippen LogP contribution in [-0.2, 0) is 0 Å². The van der Waals surface area contributed by atoms with Crippen molar-refractivity contribution in [3.63, 3.8) is 0 Å². The van der Waals surface area contributed by atoms with E-state index in [1.807, 2.05) is 12.1 Å². The Morgan fingerprint density at radius 1 is 0.947 bits per heavy atom. The largest absolute Gasteiger partial charge is 0.490 e. The smallest absolute Gasteiger partial charge is 0.150 e. The summed E-state index contributed by atoms with van der Waals surface area (Å²) in [5, 5.41) is 0.636. The molecule has 0 saturated heterocycles. The molecule has 0 aliphatic rings. The third-order valence-corrected chi connectivity index (χ3v) is 2.65. The number of rotatable bonds is 6. The number of hydrogen-bond acceptors (Lipinski definition) is 3. The van der Waals surface area contributed by atoms with Gasteiger partial charge in [0.2, 0.25) is 0 Å². The summed E-state index contributed by atoms with van der Waals surface area (Å²) in [7, 11) is 0. The van der Waals surface area contributed by atoms with Crippen molar-refractivity contribution in [2.45, 2.75) is 0 Å². The molecule has 0 N–H and O–H groups in total. The first-order chi connectivity index (χ1) is 9.28. The van der Waals surface area contributed by atoms with E-state index in [2.05, 4.69) is 0 Å². The van der Waals surface area contributed by atoms with Crippen LogP contribution >= 0.6 is 11.6 Å². The molecule has 0 spiro atoms. The van der Waals surface area contributed by atoms with E-state index in [0.29, 0.717) is 35.3 Å². The van der Waals surface area contributed by atoms with Gasteiger partial charge >= 0.3 is 0 Å². The van der Waals surface area contributed by atoms with Crippen molar-refractivity contribution in [2.24, 2.45) is 0 Å². The predicted molar refractivity (Wildman–Crippen MR) is 74.3 cm³/mol. The van der Waals surface area contributed by atoms with Crippen LogP contribution in [0.25, 0.3) is 0 Å². The minimum absolute atomic E-state index is 0.398. The minimum Gasteiger partial charge on any atom is -0.490 e. The van der Waals surface area contributed by atoms with Crippen molar-refractivity contribution in [1.82, 2.24) is 0 Å². The fourth-order valence-electron chi connectivity index (χ4n) is 1.55. The first-order valence-corrected chi connectivity index (χ1v) is 6.22. The Labute approximate surface area is 116 Å². The standard InChI is InChI=1S/C15H13ClO3/c16-13-4-2-6-15(10-13)19-8-7-18-14-5-1-3-12(9-14)11-17/h1-6,9-11H,7-8H2. The van der Waals surface area contributed by atoms with Gasteiger partial charge in [-0.1, -0.05) is 29.8 Å². The molecule has 0 unspecified atom stereocenters. The van der Waals surface area contributed by atoms with Crippen LogP contribution in [0.1, 0.15) is 10.4 Å². The lowest BCUT2D eigenvalue weighted by atomic mass is 10.2. The topological polar surface area (TPSA) is 35.5 Å². The van der Waals surface area contributed by atoms with Gasteiger partial charge < -0.3 is 9.47 Å².